The Morgan fingerprint density at radius 1 is 1.47 bits per heavy atom. The van der Waals surface area contributed by atoms with Gasteiger partial charge in [0, 0.05) is 18.5 Å². The molecule has 2 N–H and O–H groups in total. The molecule has 0 aromatic carbocycles. The van der Waals surface area contributed by atoms with E-state index in [-0.39, 0.29) is 6.04 Å². The highest BCUT2D eigenvalue weighted by Gasteiger charge is 2.11. The van der Waals surface area contributed by atoms with Gasteiger partial charge in [-0.25, -0.2) is 9.67 Å². The monoisotopic (exact) mass is 210 g/mol. The van der Waals surface area contributed by atoms with Crippen LogP contribution in [-0.4, -0.2) is 20.8 Å². The Morgan fingerprint density at radius 3 is 2.80 bits per heavy atom. The minimum absolute atomic E-state index is 0.214. The molecule has 1 atom stereocenters. The summed E-state index contributed by atoms with van der Waals surface area (Å²) in [6.45, 7) is 6.40. The maximum Gasteiger partial charge on any atom is 0.138 e. The number of nitrogens with zero attached hydrogens (tertiary/aromatic N) is 3. The van der Waals surface area contributed by atoms with Gasteiger partial charge in [-0.05, 0) is 20.3 Å². The third-order valence-corrected chi connectivity index (χ3v) is 2.51. The van der Waals surface area contributed by atoms with Crippen molar-refractivity contribution in [2.75, 3.05) is 0 Å². The van der Waals surface area contributed by atoms with Crippen molar-refractivity contribution in [3.05, 3.63) is 12.2 Å². The number of nitrogens with two attached hydrogens (primary N) is 1. The molecule has 0 spiro atoms. The summed E-state index contributed by atoms with van der Waals surface area (Å²) in [5.74, 6) is 1.01. The molecule has 1 aromatic rings. The Morgan fingerprint density at radius 2 is 2.20 bits per heavy atom. The third kappa shape index (κ3) is 3.63. The van der Waals surface area contributed by atoms with Crippen LogP contribution in [-0.2, 0) is 6.42 Å². The van der Waals surface area contributed by atoms with Gasteiger partial charge in [0.15, 0.2) is 0 Å². The minimum Gasteiger partial charge on any atom is -0.327 e. The van der Waals surface area contributed by atoms with Crippen molar-refractivity contribution in [3.8, 4) is 0 Å². The SMILES string of the molecule is CCCCC(N)Cc1ncnn1C(C)C. The Kier molecular flexibility index (Phi) is 4.75. The molecule has 0 aliphatic heterocycles. The average Bonchev–Trinajstić information content (AvgIpc) is 2.62. The zero-order valence-corrected chi connectivity index (χ0v) is 9.98. The number of aromatic nitrogens is 3. The molecule has 1 unspecified atom stereocenters. The molecule has 86 valence electrons. The van der Waals surface area contributed by atoms with Crippen LogP contribution in [0.4, 0.5) is 0 Å². The minimum atomic E-state index is 0.214. The van der Waals surface area contributed by atoms with Gasteiger partial charge in [-0.3, -0.25) is 0 Å². The normalized spacial score (nSPS) is 13.4. The van der Waals surface area contributed by atoms with Crippen LogP contribution in [0.5, 0.6) is 0 Å². The van der Waals surface area contributed by atoms with E-state index in [0.29, 0.717) is 6.04 Å². The van der Waals surface area contributed by atoms with Gasteiger partial charge in [-0.1, -0.05) is 19.8 Å². The van der Waals surface area contributed by atoms with E-state index in [9.17, 15) is 0 Å². The highest BCUT2D eigenvalue weighted by Crippen LogP contribution is 2.09. The Labute approximate surface area is 91.9 Å². The molecule has 0 aliphatic carbocycles. The topological polar surface area (TPSA) is 56.7 Å². The van der Waals surface area contributed by atoms with E-state index in [1.54, 1.807) is 6.33 Å². The van der Waals surface area contributed by atoms with Crippen molar-refractivity contribution >= 4 is 0 Å². The van der Waals surface area contributed by atoms with Crippen LogP contribution >= 0.6 is 0 Å². The average molecular weight is 210 g/mol. The lowest BCUT2D eigenvalue weighted by Crippen LogP contribution is -2.25. The summed E-state index contributed by atoms with van der Waals surface area (Å²) in [6.07, 6.45) is 5.91. The molecule has 0 fully saturated rings. The second-order valence-corrected chi connectivity index (χ2v) is 4.32. The van der Waals surface area contributed by atoms with Crippen molar-refractivity contribution in [3.63, 3.8) is 0 Å². The molecular weight excluding hydrogens is 188 g/mol. The maximum atomic E-state index is 6.04. The van der Waals surface area contributed by atoms with Crippen LogP contribution in [0, 0.1) is 0 Å². The van der Waals surface area contributed by atoms with Crippen molar-refractivity contribution in [1.29, 1.82) is 0 Å². The van der Waals surface area contributed by atoms with Gasteiger partial charge in [0.1, 0.15) is 12.2 Å². The highest BCUT2D eigenvalue weighted by molar-refractivity contribution is 4.90. The van der Waals surface area contributed by atoms with Crippen LogP contribution in [0.25, 0.3) is 0 Å². The summed E-state index contributed by atoms with van der Waals surface area (Å²) >= 11 is 0. The molecule has 4 heteroatoms. The van der Waals surface area contributed by atoms with E-state index >= 15 is 0 Å². The lowest BCUT2D eigenvalue weighted by atomic mass is 10.1. The second kappa shape index (κ2) is 5.85. The summed E-state index contributed by atoms with van der Waals surface area (Å²) in [4.78, 5) is 4.26. The molecule has 0 saturated heterocycles. The van der Waals surface area contributed by atoms with Gasteiger partial charge in [-0.2, -0.15) is 5.10 Å². The van der Waals surface area contributed by atoms with Gasteiger partial charge in [0.2, 0.25) is 0 Å². The first-order valence-electron chi connectivity index (χ1n) is 5.79. The molecule has 0 amide bonds. The molecule has 4 nitrogen and oxygen atoms in total. The standard InChI is InChI=1S/C11H22N4/c1-4-5-6-10(12)7-11-13-8-14-15(11)9(2)3/h8-10H,4-7,12H2,1-3H3. The fraction of sp³-hybridized carbons (Fsp3) is 0.818. The first-order chi connectivity index (χ1) is 7.15. The summed E-state index contributed by atoms with van der Waals surface area (Å²) < 4.78 is 1.95. The molecule has 1 heterocycles. The molecule has 0 aliphatic rings. The number of hydrogen-bond donors (Lipinski definition) is 1. The summed E-state index contributed by atoms with van der Waals surface area (Å²) in [5.41, 5.74) is 6.04. The fourth-order valence-electron chi connectivity index (χ4n) is 1.65. The van der Waals surface area contributed by atoms with Crippen LogP contribution in [0.2, 0.25) is 0 Å². The van der Waals surface area contributed by atoms with E-state index in [1.807, 2.05) is 4.68 Å². The van der Waals surface area contributed by atoms with Crippen LogP contribution < -0.4 is 5.73 Å². The van der Waals surface area contributed by atoms with E-state index in [2.05, 4.69) is 30.9 Å². The molecule has 1 rings (SSSR count). The largest absolute Gasteiger partial charge is 0.327 e. The molecular formula is C11H22N4. The second-order valence-electron chi connectivity index (χ2n) is 4.32. The van der Waals surface area contributed by atoms with Gasteiger partial charge in [0.05, 0.1) is 0 Å². The predicted molar refractivity (Wildman–Crippen MR) is 61.6 cm³/mol. The van der Waals surface area contributed by atoms with Crippen molar-refractivity contribution < 1.29 is 0 Å². The quantitative estimate of drug-likeness (QED) is 0.780. The molecule has 1 aromatic heterocycles. The van der Waals surface area contributed by atoms with Crippen molar-refractivity contribution in [2.45, 2.75) is 58.5 Å². The first-order valence-corrected chi connectivity index (χ1v) is 5.79. The zero-order chi connectivity index (χ0) is 11.3. The van der Waals surface area contributed by atoms with E-state index in [1.165, 1.54) is 12.8 Å². The van der Waals surface area contributed by atoms with Crippen LogP contribution in [0.3, 0.4) is 0 Å². The van der Waals surface area contributed by atoms with E-state index in [4.69, 9.17) is 5.73 Å². The number of hydrogen-bond acceptors (Lipinski definition) is 3. The smallest absolute Gasteiger partial charge is 0.138 e. The molecule has 0 saturated carbocycles. The summed E-state index contributed by atoms with van der Waals surface area (Å²) in [7, 11) is 0. The Balaban J connectivity index is 2.52. The number of unbranched alkanes of at least 4 members (excludes halogenated alkanes) is 1. The van der Waals surface area contributed by atoms with Gasteiger partial charge in [-0.15, -0.1) is 0 Å². The Hall–Kier alpha value is -0.900. The fourth-order valence-corrected chi connectivity index (χ4v) is 1.65. The lowest BCUT2D eigenvalue weighted by molar-refractivity contribution is 0.479. The van der Waals surface area contributed by atoms with Crippen LogP contribution in [0.15, 0.2) is 6.33 Å². The van der Waals surface area contributed by atoms with E-state index < -0.39 is 0 Å². The predicted octanol–water partition coefficient (Wildman–Crippen LogP) is 1.92. The van der Waals surface area contributed by atoms with Crippen molar-refractivity contribution in [1.82, 2.24) is 14.8 Å². The number of rotatable bonds is 6. The van der Waals surface area contributed by atoms with E-state index in [0.717, 1.165) is 18.7 Å². The van der Waals surface area contributed by atoms with Gasteiger partial charge >= 0.3 is 0 Å². The van der Waals surface area contributed by atoms with Gasteiger partial charge in [0.25, 0.3) is 0 Å². The molecule has 15 heavy (non-hydrogen) atoms. The van der Waals surface area contributed by atoms with Crippen molar-refractivity contribution in [2.24, 2.45) is 5.73 Å². The zero-order valence-electron chi connectivity index (χ0n) is 9.98. The first kappa shape index (κ1) is 12.2. The molecule has 0 radical (unpaired) electrons. The maximum absolute atomic E-state index is 6.04. The lowest BCUT2D eigenvalue weighted by Gasteiger charge is -2.13. The Bertz CT molecular complexity index is 280. The highest BCUT2D eigenvalue weighted by atomic mass is 15.3. The van der Waals surface area contributed by atoms with Crippen LogP contribution in [0.1, 0.15) is 51.9 Å². The molecule has 0 bridgehead atoms. The van der Waals surface area contributed by atoms with Gasteiger partial charge < -0.3 is 5.73 Å². The summed E-state index contributed by atoms with van der Waals surface area (Å²) in [6, 6.07) is 0.576. The third-order valence-electron chi connectivity index (χ3n) is 2.51. The summed E-state index contributed by atoms with van der Waals surface area (Å²) in [5, 5.41) is 4.20.